The third kappa shape index (κ3) is 8.73. The van der Waals surface area contributed by atoms with Gasteiger partial charge in [-0.3, -0.25) is 0 Å². The molecule has 0 aliphatic rings. The van der Waals surface area contributed by atoms with Gasteiger partial charge in [-0.25, -0.2) is 0 Å². The highest BCUT2D eigenvalue weighted by molar-refractivity contribution is 6.50. The van der Waals surface area contributed by atoms with Crippen LogP contribution in [0.3, 0.4) is 0 Å². The molecule has 0 bridgehead atoms. The number of aromatic nitrogens is 2. The van der Waals surface area contributed by atoms with Gasteiger partial charge in [0.05, 0.1) is 6.20 Å². The Balaban J connectivity index is 0.000000217. The first-order chi connectivity index (χ1) is 5.43. The summed E-state index contributed by atoms with van der Waals surface area (Å²) in [6, 6.07) is 1.90. The first-order valence-electron chi connectivity index (χ1n) is 2.98. The van der Waals surface area contributed by atoms with Crippen LogP contribution in [0.25, 0.3) is 6.20 Å². The highest BCUT2D eigenvalue weighted by Gasteiger charge is 2.20. The van der Waals surface area contributed by atoms with Crippen molar-refractivity contribution < 1.29 is 21.9 Å². The van der Waals surface area contributed by atoms with Crippen molar-refractivity contribution in [1.29, 1.82) is 0 Å². The molecule has 1 heterocycles. The molecule has 0 aromatic carbocycles. The molecule has 1 aromatic rings. The molecule has 1 aromatic heterocycles. The van der Waals surface area contributed by atoms with E-state index < -0.39 is 7.25 Å². The van der Waals surface area contributed by atoms with Crippen molar-refractivity contribution in [2.45, 2.75) is 0 Å². The predicted octanol–water partition coefficient (Wildman–Crippen LogP) is 1.70. The van der Waals surface area contributed by atoms with E-state index in [1.54, 1.807) is 10.9 Å². The van der Waals surface area contributed by atoms with E-state index in [4.69, 9.17) is 0 Å². The molecule has 1 rings (SSSR count). The summed E-state index contributed by atoms with van der Waals surface area (Å²) in [5.41, 5.74) is 0. The number of nitrogens with one attached hydrogen (secondary N) is 1. The molecule has 0 radical (unpaired) electrons. The third-order valence-corrected chi connectivity index (χ3v) is 0.763. The SMILES string of the molecule is C=C[n+]1ccc[nH]1.F[B-](F)(F)F. The topological polar surface area (TPSA) is 19.7 Å². The Morgan fingerprint density at radius 2 is 1.83 bits per heavy atom. The van der Waals surface area contributed by atoms with Crippen LogP contribution in [0.2, 0.25) is 0 Å². The molecular weight excluding hydrogens is 175 g/mol. The molecule has 12 heavy (non-hydrogen) atoms. The van der Waals surface area contributed by atoms with Gasteiger partial charge in [-0.1, -0.05) is 4.68 Å². The van der Waals surface area contributed by atoms with Gasteiger partial charge in [0.15, 0.2) is 6.20 Å². The predicted molar refractivity (Wildman–Crippen MR) is 37.6 cm³/mol. The van der Waals surface area contributed by atoms with Crippen LogP contribution in [0.4, 0.5) is 17.3 Å². The molecule has 7 heteroatoms. The van der Waals surface area contributed by atoms with E-state index in [1.807, 2.05) is 18.5 Å². The quantitative estimate of drug-likeness (QED) is 0.387. The van der Waals surface area contributed by atoms with Gasteiger partial charge in [0.2, 0.25) is 6.20 Å². The van der Waals surface area contributed by atoms with Crippen molar-refractivity contribution in [3.8, 4) is 0 Å². The minimum absolute atomic E-state index is 1.69. The zero-order valence-electron chi connectivity index (χ0n) is 6.05. The van der Waals surface area contributed by atoms with Crippen LogP contribution in [0.5, 0.6) is 0 Å². The summed E-state index contributed by atoms with van der Waals surface area (Å²) < 4.78 is 40.8. The number of aromatic amines is 1. The molecule has 68 valence electrons. The maximum absolute atomic E-state index is 9.75. The van der Waals surface area contributed by atoms with Gasteiger partial charge in [0, 0.05) is 6.07 Å². The second-order valence-electron chi connectivity index (χ2n) is 1.72. The largest absolute Gasteiger partial charge is 0.673 e. The van der Waals surface area contributed by atoms with Gasteiger partial charge >= 0.3 is 7.25 Å². The second kappa shape index (κ2) is 4.58. The van der Waals surface area contributed by atoms with E-state index in [2.05, 4.69) is 11.7 Å². The molecule has 2 nitrogen and oxygen atoms in total. The second-order valence-corrected chi connectivity index (χ2v) is 1.72. The maximum atomic E-state index is 9.75. The number of hydrogen-bond acceptors (Lipinski definition) is 0. The molecule has 0 saturated carbocycles. The third-order valence-electron chi connectivity index (χ3n) is 0.763. The molecule has 0 unspecified atom stereocenters. The van der Waals surface area contributed by atoms with Crippen LogP contribution in [0, 0.1) is 0 Å². The van der Waals surface area contributed by atoms with Crippen molar-refractivity contribution in [2.75, 3.05) is 0 Å². The van der Waals surface area contributed by atoms with Crippen molar-refractivity contribution in [3.05, 3.63) is 25.0 Å². The number of hydrogen-bond donors (Lipinski definition) is 1. The summed E-state index contributed by atoms with van der Waals surface area (Å²) >= 11 is 0. The summed E-state index contributed by atoms with van der Waals surface area (Å²) in [5.74, 6) is 0. The zero-order chi connectivity index (χ0) is 9.61. The lowest BCUT2D eigenvalue weighted by Gasteiger charge is -1.94. The van der Waals surface area contributed by atoms with Crippen LogP contribution in [0.15, 0.2) is 25.0 Å². The zero-order valence-corrected chi connectivity index (χ0v) is 6.05. The van der Waals surface area contributed by atoms with Crippen molar-refractivity contribution >= 4 is 13.5 Å². The molecule has 0 spiro atoms. The van der Waals surface area contributed by atoms with E-state index in [1.165, 1.54) is 0 Å². The summed E-state index contributed by atoms with van der Waals surface area (Å²) in [4.78, 5) is 0. The fourth-order valence-corrected chi connectivity index (χ4v) is 0.421. The number of nitrogens with zero attached hydrogens (tertiary/aromatic N) is 1. The molecule has 0 amide bonds. The van der Waals surface area contributed by atoms with Gasteiger partial charge < -0.3 is 17.3 Å². The smallest absolute Gasteiger partial charge is 0.418 e. The van der Waals surface area contributed by atoms with Crippen molar-refractivity contribution in [1.82, 2.24) is 5.10 Å². The van der Waals surface area contributed by atoms with Crippen LogP contribution in [-0.4, -0.2) is 12.4 Å². The minimum Gasteiger partial charge on any atom is -0.418 e. The lowest BCUT2D eigenvalue weighted by Crippen LogP contribution is -2.25. The summed E-state index contributed by atoms with van der Waals surface area (Å²) in [6.45, 7) is 3.53. The van der Waals surface area contributed by atoms with Crippen molar-refractivity contribution in [2.24, 2.45) is 0 Å². The average molecular weight is 182 g/mol. The van der Waals surface area contributed by atoms with Crippen molar-refractivity contribution in [3.63, 3.8) is 0 Å². The Morgan fingerprint density at radius 1 is 1.33 bits per heavy atom. The molecular formula is C5H7BF4N2. The highest BCUT2D eigenvalue weighted by Crippen LogP contribution is 2.06. The van der Waals surface area contributed by atoms with Crippen LogP contribution >= 0.6 is 0 Å². The molecule has 0 fully saturated rings. The van der Waals surface area contributed by atoms with Crippen LogP contribution in [-0.2, 0) is 0 Å². The summed E-state index contributed by atoms with van der Waals surface area (Å²) in [6.07, 6.45) is 5.41. The Hall–Kier alpha value is -1.27. The first kappa shape index (κ1) is 10.7. The lowest BCUT2D eigenvalue weighted by atomic mass is 10.3. The molecule has 0 atom stereocenters. The maximum Gasteiger partial charge on any atom is 0.673 e. The minimum atomic E-state index is -6.00. The Labute approximate surface area is 66.6 Å². The van der Waals surface area contributed by atoms with E-state index >= 15 is 0 Å². The summed E-state index contributed by atoms with van der Waals surface area (Å²) in [5, 5.41) is 2.89. The average Bonchev–Trinajstić information content (AvgIpc) is 2.33. The number of rotatable bonds is 1. The Bertz CT molecular complexity index is 212. The number of H-pyrrole nitrogens is 1. The molecule has 0 aliphatic heterocycles. The first-order valence-corrected chi connectivity index (χ1v) is 2.98. The van der Waals surface area contributed by atoms with E-state index in [9.17, 15) is 17.3 Å². The standard InChI is InChI=1S/C5H6N2.BF4/c1-2-7-5-3-4-6-7;2-1(3,4)5/h2-5H,1H2;/q;-1/p+1. The molecule has 0 aliphatic carbocycles. The Kier molecular flexibility index (Phi) is 4.10. The van der Waals surface area contributed by atoms with Crippen LogP contribution in [0.1, 0.15) is 0 Å². The van der Waals surface area contributed by atoms with Gasteiger partial charge in [0.1, 0.15) is 0 Å². The van der Waals surface area contributed by atoms with E-state index in [-0.39, 0.29) is 0 Å². The van der Waals surface area contributed by atoms with Gasteiger partial charge in [-0.15, -0.1) is 0 Å². The fraction of sp³-hybridized carbons (Fsp3) is 0. The lowest BCUT2D eigenvalue weighted by molar-refractivity contribution is -0.629. The van der Waals surface area contributed by atoms with Gasteiger partial charge in [-0.2, -0.15) is 5.10 Å². The van der Waals surface area contributed by atoms with E-state index in [0.717, 1.165) is 0 Å². The monoisotopic (exact) mass is 182 g/mol. The highest BCUT2D eigenvalue weighted by atomic mass is 19.5. The van der Waals surface area contributed by atoms with Gasteiger partial charge in [0.25, 0.3) is 0 Å². The normalized spacial score (nSPS) is 10.0. The fourth-order valence-electron chi connectivity index (χ4n) is 0.421. The summed E-state index contributed by atoms with van der Waals surface area (Å²) in [7, 11) is -6.00. The van der Waals surface area contributed by atoms with Gasteiger partial charge in [-0.05, 0) is 6.58 Å². The molecule has 0 saturated heterocycles. The van der Waals surface area contributed by atoms with Crippen LogP contribution < -0.4 is 4.68 Å². The van der Waals surface area contributed by atoms with E-state index in [0.29, 0.717) is 0 Å². The molecule has 1 N–H and O–H groups in total. The number of halogens is 4. The Morgan fingerprint density at radius 3 is 2.00 bits per heavy atom.